The molecule has 8 heteroatoms. The van der Waals surface area contributed by atoms with E-state index in [1.165, 1.54) is 0 Å². The van der Waals surface area contributed by atoms with E-state index in [1.807, 2.05) is 63.1 Å². The maximum Gasteiger partial charge on any atom is 0.242 e. The highest BCUT2D eigenvalue weighted by atomic mass is 127. The van der Waals surface area contributed by atoms with E-state index in [1.54, 1.807) is 4.90 Å². The quantitative estimate of drug-likeness (QED) is 0.300. The molecule has 0 aromatic heterocycles. The molecule has 0 radical (unpaired) electrons. The summed E-state index contributed by atoms with van der Waals surface area (Å²) in [6.45, 7) is 8.81. The number of amides is 1. The molecule has 0 spiro atoms. The molecule has 1 amide bonds. The molecule has 0 aliphatic carbocycles. The lowest BCUT2D eigenvalue weighted by Crippen LogP contribution is -2.45. The van der Waals surface area contributed by atoms with Gasteiger partial charge in [-0.25, -0.2) is 0 Å². The predicted molar refractivity (Wildman–Crippen MR) is 125 cm³/mol. The van der Waals surface area contributed by atoms with Crippen molar-refractivity contribution in [2.24, 2.45) is 4.99 Å². The van der Waals surface area contributed by atoms with Gasteiger partial charge < -0.3 is 15.1 Å². The van der Waals surface area contributed by atoms with Gasteiger partial charge in [0, 0.05) is 49.0 Å². The van der Waals surface area contributed by atoms with Crippen molar-refractivity contribution in [2.45, 2.75) is 26.5 Å². The van der Waals surface area contributed by atoms with E-state index >= 15 is 0 Å². The maximum absolute atomic E-state index is 12.3. The molecule has 0 aliphatic rings. The summed E-state index contributed by atoms with van der Waals surface area (Å²) in [4.78, 5) is 20.4. The fourth-order valence-electron chi connectivity index (χ4n) is 2.51. The molecule has 27 heavy (non-hydrogen) atoms. The first-order chi connectivity index (χ1) is 12.5. The first-order valence-corrected chi connectivity index (χ1v) is 10.7. The molecule has 1 atom stereocenters. The zero-order valence-electron chi connectivity index (χ0n) is 16.8. The second kappa shape index (κ2) is 14.8. The SMILES string of the molecule is CCNC(=NCCS(=O)Cc1ccccc1)N(C)CC(=O)N(CC)CC.I. The number of halogens is 1. The van der Waals surface area contributed by atoms with E-state index in [0.29, 0.717) is 37.1 Å². The summed E-state index contributed by atoms with van der Waals surface area (Å²) in [7, 11) is 0.897. The van der Waals surface area contributed by atoms with Crippen LogP contribution in [0.25, 0.3) is 0 Å². The highest BCUT2D eigenvalue weighted by Crippen LogP contribution is 2.03. The fourth-order valence-corrected chi connectivity index (χ4v) is 3.51. The van der Waals surface area contributed by atoms with Crippen molar-refractivity contribution in [2.75, 3.05) is 45.5 Å². The van der Waals surface area contributed by atoms with Crippen molar-refractivity contribution in [3.05, 3.63) is 35.9 Å². The van der Waals surface area contributed by atoms with Crippen molar-refractivity contribution in [3.8, 4) is 0 Å². The molecule has 6 nitrogen and oxygen atoms in total. The molecular formula is C19H33IN4O2S. The van der Waals surface area contributed by atoms with Crippen LogP contribution in [-0.4, -0.2) is 71.4 Å². The van der Waals surface area contributed by atoms with Crippen LogP contribution in [0.3, 0.4) is 0 Å². The standard InChI is InChI=1S/C19H32N4O2S.HI/c1-5-20-19(22(4)15-18(24)23(6-2)7-3)21-13-14-26(25)16-17-11-9-8-10-12-17;/h8-12H,5-7,13-16H2,1-4H3,(H,20,21);1H. The lowest BCUT2D eigenvalue weighted by atomic mass is 10.2. The monoisotopic (exact) mass is 508 g/mol. The minimum absolute atomic E-state index is 0. The lowest BCUT2D eigenvalue weighted by molar-refractivity contribution is -0.131. The number of benzene rings is 1. The number of rotatable bonds is 10. The first-order valence-electron chi connectivity index (χ1n) is 9.17. The van der Waals surface area contributed by atoms with E-state index in [-0.39, 0.29) is 36.4 Å². The molecule has 0 heterocycles. The number of guanidine groups is 1. The number of likely N-dealkylation sites (N-methyl/N-ethyl adjacent to an activating group) is 2. The number of aliphatic imine (C=N–C) groups is 1. The lowest BCUT2D eigenvalue weighted by Gasteiger charge is -2.25. The highest BCUT2D eigenvalue weighted by Gasteiger charge is 2.15. The summed E-state index contributed by atoms with van der Waals surface area (Å²) in [6.07, 6.45) is 0. The summed E-state index contributed by atoms with van der Waals surface area (Å²) < 4.78 is 12.2. The van der Waals surface area contributed by atoms with Crippen molar-refractivity contribution in [1.82, 2.24) is 15.1 Å². The third kappa shape index (κ3) is 10.1. The summed E-state index contributed by atoms with van der Waals surface area (Å²) in [6, 6.07) is 9.83. The van der Waals surface area contributed by atoms with Crippen LogP contribution < -0.4 is 5.32 Å². The molecule has 1 aromatic rings. The summed E-state index contributed by atoms with van der Waals surface area (Å²) in [5, 5.41) is 3.19. The predicted octanol–water partition coefficient (Wildman–Crippen LogP) is 2.32. The first kappa shape index (κ1) is 25.8. The van der Waals surface area contributed by atoms with E-state index in [2.05, 4.69) is 10.3 Å². The Hall–Kier alpha value is -1.16. The second-order valence-corrected chi connectivity index (χ2v) is 7.51. The summed E-state index contributed by atoms with van der Waals surface area (Å²) >= 11 is 0. The van der Waals surface area contributed by atoms with E-state index in [0.717, 1.165) is 12.1 Å². The van der Waals surface area contributed by atoms with Gasteiger partial charge in [0.1, 0.15) is 0 Å². The van der Waals surface area contributed by atoms with Gasteiger partial charge in [0.2, 0.25) is 5.91 Å². The maximum atomic E-state index is 12.3. The van der Waals surface area contributed by atoms with Crippen LogP contribution in [0.5, 0.6) is 0 Å². The third-order valence-electron chi connectivity index (χ3n) is 3.94. The normalized spacial score (nSPS) is 12.1. The van der Waals surface area contributed by atoms with Gasteiger partial charge in [0.25, 0.3) is 0 Å². The van der Waals surface area contributed by atoms with Crippen LogP contribution in [0.4, 0.5) is 0 Å². The van der Waals surface area contributed by atoms with Crippen LogP contribution in [-0.2, 0) is 21.3 Å². The Morgan fingerprint density at radius 2 is 1.78 bits per heavy atom. The van der Waals surface area contributed by atoms with Crippen molar-refractivity contribution >= 4 is 46.6 Å². The molecule has 0 saturated carbocycles. The van der Waals surface area contributed by atoms with Crippen LogP contribution in [0.1, 0.15) is 26.3 Å². The smallest absolute Gasteiger partial charge is 0.242 e. The zero-order chi connectivity index (χ0) is 19.4. The van der Waals surface area contributed by atoms with E-state index < -0.39 is 10.8 Å². The Kier molecular flexibility index (Phi) is 14.2. The molecule has 1 rings (SSSR count). The number of carbonyl (C=O) groups is 1. The molecule has 1 aromatic carbocycles. The Labute approximate surface area is 183 Å². The Bertz CT molecular complexity index is 595. The second-order valence-electron chi connectivity index (χ2n) is 5.93. The van der Waals surface area contributed by atoms with Gasteiger partial charge in [0.15, 0.2) is 5.96 Å². The molecule has 0 saturated heterocycles. The number of nitrogens with one attached hydrogen (secondary N) is 1. The van der Waals surface area contributed by atoms with Crippen molar-refractivity contribution in [1.29, 1.82) is 0 Å². The van der Waals surface area contributed by atoms with Gasteiger partial charge >= 0.3 is 0 Å². The Balaban J connectivity index is 0.00000676. The zero-order valence-corrected chi connectivity index (χ0v) is 20.0. The minimum atomic E-state index is -0.954. The molecule has 154 valence electrons. The molecular weight excluding hydrogens is 475 g/mol. The van der Waals surface area contributed by atoms with Gasteiger partial charge in [-0.05, 0) is 26.3 Å². The molecule has 0 bridgehead atoms. The van der Waals surface area contributed by atoms with Crippen LogP contribution in [0.15, 0.2) is 35.3 Å². The third-order valence-corrected chi connectivity index (χ3v) is 5.23. The van der Waals surface area contributed by atoms with Crippen molar-refractivity contribution in [3.63, 3.8) is 0 Å². The van der Waals surface area contributed by atoms with Gasteiger partial charge in [-0.2, -0.15) is 0 Å². The van der Waals surface area contributed by atoms with Crippen LogP contribution in [0, 0.1) is 0 Å². The highest BCUT2D eigenvalue weighted by molar-refractivity contribution is 14.0. The van der Waals surface area contributed by atoms with Crippen LogP contribution in [0.2, 0.25) is 0 Å². The molecule has 0 fully saturated rings. The summed E-state index contributed by atoms with van der Waals surface area (Å²) in [5.74, 6) is 1.80. The van der Waals surface area contributed by atoms with Gasteiger partial charge in [0.05, 0.1) is 13.1 Å². The average Bonchev–Trinajstić information content (AvgIpc) is 2.62. The molecule has 1 unspecified atom stereocenters. The van der Waals surface area contributed by atoms with Gasteiger partial charge in [-0.1, -0.05) is 30.3 Å². The topological polar surface area (TPSA) is 65.0 Å². The van der Waals surface area contributed by atoms with Gasteiger partial charge in [-0.15, -0.1) is 24.0 Å². The van der Waals surface area contributed by atoms with Crippen molar-refractivity contribution < 1.29 is 9.00 Å². The summed E-state index contributed by atoms with van der Waals surface area (Å²) in [5.41, 5.74) is 1.07. The Morgan fingerprint density at radius 3 is 2.33 bits per heavy atom. The van der Waals surface area contributed by atoms with Gasteiger partial charge in [-0.3, -0.25) is 14.0 Å². The number of hydrogen-bond acceptors (Lipinski definition) is 3. The minimum Gasteiger partial charge on any atom is -0.357 e. The number of carbonyl (C=O) groups excluding carboxylic acids is 1. The average molecular weight is 508 g/mol. The largest absolute Gasteiger partial charge is 0.357 e. The van der Waals surface area contributed by atoms with Crippen LogP contribution >= 0.6 is 24.0 Å². The molecule has 1 N–H and O–H groups in total. The van der Waals surface area contributed by atoms with E-state index in [4.69, 9.17) is 0 Å². The molecule has 0 aliphatic heterocycles. The fraction of sp³-hybridized carbons (Fsp3) is 0.579. The van der Waals surface area contributed by atoms with E-state index in [9.17, 15) is 9.00 Å². The number of nitrogens with zero attached hydrogens (tertiary/aromatic N) is 3. The number of hydrogen-bond donors (Lipinski definition) is 1. The Morgan fingerprint density at radius 1 is 1.15 bits per heavy atom.